The SMILES string of the molecule is C=C1C(c2cc3ccccc3c3oc4cccc(-c5cccc6c5oc5ccccc56)c4c23)=C(C)C(c2ccccc2)=NC1c1ccc2c3ccccc3c3ccccc3c2c1. The second-order valence-corrected chi connectivity index (χ2v) is 16.6. The third-order valence-corrected chi connectivity index (χ3v) is 13.2. The van der Waals surface area contributed by atoms with E-state index in [1.807, 2.05) is 12.1 Å². The van der Waals surface area contributed by atoms with Crippen LogP contribution in [0.3, 0.4) is 0 Å². The van der Waals surface area contributed by atoms with Gasteiger partial charge in [-0.1, -0.05) is 170 Å². The zero-order valence-electron chi connectivity index (χ0n) is 33.9. The molecule has 13 rings (SSSR count). The normalized spacial score (nSPS) is 14.8. The minimum atomic E-state index is -0.345. The Hall–Kier alpha value is -8.01. The zero-order valence-corrected chi connectivity index (χ0v) is 33.9. The Morgan fingerprint density at radius 1 is 0.435 bits per heavy atom. The molecule has 1 aliphatic rings. The van der Waals surface area contributed by atoms with Crippen LogP contribution in [0, 0.1) is 0 Å². The molecule has 3 nitrogen and oxygen atoms in total. The number of dihydropyridines is 1. The number of aliphatic imine (C=N–C) groups is 1. The van der Waals surface area contributed by atoms with Crippen molar-refractivity contribution in [2.75, 3.05) is 0 Å². The van der Waals surface area contributed by atoms with Gasteiger partial charge in [-0.15, -0.1) is 0 Å². The van der Waals surface area contributed by atoms with Crippen molar-refractivity contribution in [3.63, 3.8) is 0 Å². The maximum atomic E-state index is 7.03. The molecular weight excluding hydrogens is 755 g/mol. The summed E-state index contributed by atoms with van der Waals surface area (Å²) in [5.41, 5.74) is 12.8. The Morgan fingerprint density at radius 2 is 1.02 bits per heavy atom. The van der Waals surface area contributed by atoms with Crippen molar-refractivity contribution < 1.29 is 8.83 Å². The molecule has 0 aliphatic carbocycles. The molecule has 1 unspecified atom stereocenters. The molecule has 0 saturated heterocycles. The van der Waals surface area contributed by atoms with Gasteiger partial charge in [-0.3, -0.25) is 4.99 Å². The molecule has 0 spiro atoms. The summed E-state index contributed by atoms with van der Waals surface area (Å²) in [5.74, 6) is 0. The molecule has 3 heteroatoms. The van der Waals surface area contributed by atoms with Crippen LogP contribution in [-0.4, -0.2) is 5.71 Å². The van der Waals surface area contributed by atoms with Gasteiger partial charge >= 0.3 is 0 Å². The van der Waals surface area contributed by atoms with Gasteiger partial charge in [0.1, 0.15) is 28.4 Å². The van der Waals surface area contributed by atoms with E-state index in [-0.39, 0.29) is 6.04 Å². The van der Waals surface area contributed by atoms with Crippen molar-refractivity contribution in [1.82, 2.24) is 0 Å². The van der Waals surface area contributed by atoms with E-state index in [1.165, 1.54) is 32.3 Å². The number of furan rings is 2. The van der Waals surface area contributed by atoms with Crippen molar-refractivity contribution in [3.05, 3.63) is 222 Å². The van der Waals surface area contributed by atoms with Crippen molar-refractivity contribution in [2.45, 2.75) is 13.0 Å². The molecule has 12 aromatic rings. The van der Waals surface area contributed by atoms with E-state index in [2.05, 4.69) is 183 Å². The molecule has 0 radical (unpaired) electrons. The Labute approximate surface area is 357 Å². The van der Waals surface area contributed by atoms with Crippen molar-refractivity contribution >= 4 is 98.3 Å². The van der Waals surface area contributed by atoms with Crippen LogP contribution in [0.4, 0.5) is 0 Å². The lowest BCUT2D eigenvalue weighted by Gasteiger charge is -2.29. The summed E-state index contributed by atoms with van der Waals surface area (Å²) in [5, 5.41) is 13.9. The quantitative estimate of drug-likeness (QED) is 0.167. The highest BCUT2D eigenvalue weighted by atomic mass is 16.3. The number of nitrogens with zero attached hydrogens (tertiary/aromatic N) is 1. The summed E-state index contributed by atoms with van der Waals surface area (Å²) in [4.78, 5) is 5.65. The Morgan fingerprint density at radius 3 is 1.79 bits per heavy atom. The van der Waals surface area contributed by atoms with Gasteiger partial charge < -0.3 is 8.83 Å². The number of rotatable bonds is 4. The van der Waals surface area contributed by atoms with Crippen molar-refractivity contribution in [2.24, 2.45) is 4.99 Å². The first-order valence-electron chi connectivity index (χ1n) is 21.3. The Balaban J connectivity index is 1.10. The molecule has 62 heavy (non-hydrogen) atoms. The number of para-hydroxylation sites is 2. The van der Waals surface area contributed by atoms with Crippen LogP contribution in [0.15, 0.2) is 220 Å². The van der Waals surface area contributed by atoms with Gasteiger partial charge in [-0.05, 0) is 108 Å². The molecule has 290 valence electrons. The summed E-state index contributed by atoms with van der Waals surface area (Å²) >= 11 is 0. The number of hydrogen-bond acceptors (Lipinski definition) is 3. The summed E-state index contributed by atoms with van der Waals surface area (Å²) in [6.07, 6.45) is 0. The van der Waals surface area contributed by atoms with E-state index >= 15 is 0 Å². The molecular formula is C59H37NO2. The summed E-state index contributed by atoms with van der Waals surface area (Å²) in [7, 11) is 0. The van der Waals surface area contributed by atoms with Crippen LogP contribution < -0.4 is 0 Å². The molecule has 1 aliphatic heterocycles. The number of hydrogen-bond donors (Lipinski definition) is 0. The van der Waals surface area contributed by atoms with Gasteiger partial charge in [0, 0.05) is 32.5 Å². The number of fused-ring (bicyclic) bond motifs is 14. The molecule has 1 atom stereocenters. The maximum absolute atomic E-state index is 7.03. The average Bonchev–Trinajstić information content (AvgIpc) is 3.92. The average molecular weight is 792 g/mol. The molecule has 0 fully saturated rings. The lowest BCUT2D eigenvalue weighted by Crippen LogP contribution is -2.17. The van der Waals surface area contributed by atoms with Crippen LogP contribution in [-0.2, 0) is 0 Å². The predicted molar refractivity (Wildman–Crippen MR) is 260 cm³/mol. The van der Waals surface area contributed by atoms with Crippen molar-refractivity contribution in [1.29, 1.82) is 0 Å². The molecule has 0 bridgehead atoms. The highest BCUT2D eigenvalue weighted by Gasteiger charge is 2.31. The molecule has 3 heterocycles. The fourth-order valence-corrected chi connectivity index (χ4v) is 10.5. The van der Waals surface area contributed by atoms with Gasteiger partial charge in [-0.25, -0.2) is 0 Å². The van der Waals surface area contributed by atoms with E-state index in [1.54, 1.807) is 0 Å². The summed E-state index contributed by atoms with van der Waals surface area (Å²) in [6, 6.07) is 66.7. The minimum Gasteiger partial charge on any atom is -0.455 e. The summed E-state index contributed by atoms with van der Waals surface area (Å²) < 4.78 is 13.7. The molecule has 10 aromatic carbocycles. The highest BCUT2D eigenvalue weighted by Crippen LogP contribution is 2.50. The Bertz CT molecular complexity index is 3920. The standard InChI is InChI=1S/C59H37NO2/c1-34-53(35(2)57(60-56(34)36-16-4-3-5-17-36)38-30-31-44-42-22-9-8-20-40(42)41-21-10-11-23-43(41)49(44)33-38)50-32-37-18-6-7-19-39(37)59-55(50)54-46(25-15-29-52(54)62-59)48-27-14-26-47-45-24-12-13-28-51(45)61-58(47)48/h3-33,57H,2H2,1H3. The first-order chi connectivity index (χ1) is 30.6. The molecule has 0 N–H and O–H groups in total. The fourth-order valence-electron chi connectivity index (χ4n) is 10.5. The summed E-state index contributed by atoms with van der Waals surface area (Å²) in [6.45, 7) is 7.20. The highest BCUT2D eigenvalue weighted by molar-refractivity contribution is 6.28. The van der Waals surface area contributed by atoms with Gasteiger partial charge in [0.05, 0.1) is 5.71 Å². The maximum Gasteiger partial charge on any atom is 0.143 e. The number of benzene rings is 10. The van der Waals surface area contributed by atoms with Crippen LogP contribution in [0.2, 0.25) is 0 Å². The third kappa shape index (κ3) is 4.97. The molecule has 2 aromatic heterocycles. The van der Waals surface area contributed by atoms with Gasteiger partial charge in [0.2, 0.25) is 0 Å². The van der Waals surface area contributed by atoms with Crippen LogP contribution in [0.1, 0.15) is 29.7 Å². The van der Waals surface area contributed by atoms with E-state index in [0.29, 0.717) is 0 Å². The van der Waals surface area contributed by atoms with E-state index in [4.69, 9.17) is 20.4 Å². The van der Waals surface area contributed by atoms with Gasteiger partial charge in [-0.2, -0.15) is 0 Å². The monoisotopic (exact) mass is 791 g/mol. The second kappa shape index (κ2) is 13.2. The van der Waals surface area contributed by atoms with Crippen LogP contribution in [0.5, 0.6) is 0 Å². The second-order valence-electron chi connectivity index (χ2n) is 16.6. The molecule has 0 amide bonds. The van der Waals surface area contributed by atoms with Crippen molar-refractivity contribution in [3.8, 4) is 11.1 Å². The first kappa shape index (κ1) is 34.8. The lowest BCUT2D eigenvalue weighted by atomic mass is 9.79. The number of allylic oxidation sites excluding steroid dienone is 1. The van der Waals surface area contributed by atoms with Gasteiger partial charge in [0.25, 0.3) is 0 Å². The smallest absolute Gasteiger partial charge is 0.143 e. The Kier molecular flexibility index (Phi) is 7.44. The van der Waals surface area contributed by atoms with Crippen LogP contribution in [0.25, 0.3) is 104 Å². The van der Waals surface area contributed by atoms with Gasteiger partial charge in [0.15, 0.2) is 0 Å². The zero-order chi connectivity index (χ0) is 41.1. The van der Waals surface area contributed by atoms with E-state index < -0.39 is 0 Å². The third-order valence-electron chi connectivity index (χ3n) is 13.2. The van der Waals surface area contributed by atoms with E-state index in [9.17, 15) is 0 Å². The topological polar surface area (TPSA) is 38.6 Å². The fraction of sp³-hybridized carbons (Fsp3) is 0.0339. The lowest BCUT2D eigenvalue weighted by molar-refractivity contribution is 0.670. The van der Waals surface area contributed by atoms with Crippen LogP contribution >= 0.6 is 0 Å². The van der Waals surface area contributed by atoms with E-state index in [0.717, 1.165) is 105 Å². The largest absolute Gasteiger partial charge is 0.455 e. The first-order valence-corrected chi connectivity index (χ1v) is 21.3. The minimum absolute atomic E-state index is 0.345. The predicted octanol–water partition coefficient (Wildman–Crippen LogP) is 16.3. The molecule has 0 saturated carbocycles.